The second-order valence-electron chi connectivity index (χ2n) is 4.95. The Bertz CT molecular complexity index is 429. The maximum atomic E-state index is 11.9. The number of amides is 1. The van der Waals surface area contributed by atoms with Crippen molar-refractivity contribution in [3.63, 3.8) is 0 Å². The predicted molar refractivity (Wildman–Crippen MR) is 67.8 cm³/mol. The minimum Gasteiger partial charge on any atom is -0.345 e. The number of aromatic nitrogens is 2. The van der Waals surface area contributed by atoms with E-state index in [1.165, 1.54) is 10.9 Å². The van der Waals surface area contributed by atoms with Gasteiger partial charge in [0.2, 0.25) is 5.91 Å². The molecule has 1 amide bonds. The zero-order chi connectivity index (χ0) is 15.2. The smallest absolute Gasteiger partial charge is 0.345 e. The zero-order valence-corrected chi connectivity index (χ0v) is 11.5. The van der Waals surface area contributed by atoms with Crippen molar-refractivity contribution >= 4 is 5.91 Å². The molecule has 1 heterocycles. The first-order valence-corrected chi connectivity index (χ1v) is 6.31. The highest BCUT2D eigenvalue weighted by atomic mass is 19.4. The van der Waals surface area contributed by atoms with Gasteiger partial charge in [-0.1, -0.05) is 13.8 Å². The molecule has 0 unspecified atom stereocenters. The van der Waals surface area contributed by atoms with Crippen molar-refractivity contribution in [3.05, 3.63) is 18.2 Å². The van der Waals surface area contributed by atoms with Crippen LogP contribution in [0.5, 0.6) is 0 Å². The number of alkyl halides is 3. The van der Waals surface area contributed by atoms with E-state index in [0.717, 1.165) is 12.2 Å². The van der Waals surface area contributed by atoms with Crippen LogP contribution in [-0.2, 0) is 17.9 Å². The second-order valence-corrected chi connectivity index (χ2v) is 4.95. The topological polar surface area (TPSA) is 59.0 Å². The highest BCUT2D eigenvalue weighted by Gasteiger charge is 2.27. The van der Waals surface area contributed by atoms with Crippen molar-refractivity contribution in [2.24, 2.45) is 5.92 Å². The standard InChI is InChI=1S/C12H19F3N4O/c1-9(2)3-16-4-10-5-19(8-18-10)6-11(20)17-7-12(13,14)15/h5,8-9,16H,3-4,6-7H2,1-2H3,(H,17,20). The lowest BCUT2D eigenvalue weighted by Crippen LogP contribution is -2.35. The molecule has 0 aliphatic rings. The fraction of sp³-hybridized carbons (Fsp3) is 0.667. The minimum absolute atomic E-state index is 0.173. The Morgan fingerprint density at radius 1 is 1.45 bits per heavy atom. The molecule has 0 atom stereocenters. The molecule has 0 spiro atoms. The molecule has 1 aromatic heterocycles. The molecule has 0 saturated carbocycles. The summed E-state index contributed by atoms with van der Waals surface area (Å²) in [7, 11) is 0. The van der Waals surface area contributed by atoms with E-state index in [-0.39, 0.29) is 6.54 Å². The fourth-order valence-corrected chi connectivity index (χ4v) is 1.49. The van der Waals surface area contributed by atoms with Gasteiger partial charge in [-0.05, 0) is 12.5 Å². The Morgan fingerprint density at radius 2 is 2.15 bits per heavy atom. The third-order valence-corrected chi connectivity index (χ3v) is 2.36. The van der Waals surface area contributed by atoms with Crippen LogP contribution in [0.25, 0.3) is 0 Å². The van der Waals surface area contributed by atoms with Gasteiger partial charge >= 0.3 is 6.18 Å². The van der Waals surface area contributed by atoms with Crippen molar-refractivity contribution in [2.75, 3.05) is 13.1 Å². The van der Waals surface area contributed by atoms with E-state index in [1.54, 1.807) is 6.20 Å². The van der Waals surface area contributed by atoms with Gasteiger partial charge < -0.3 is 15.2 Å². The number of carbonyl (C=O) groups excluding carboxylic acids is 1. The normalized spacial score (nSPS) is 11.9. The third-order valence-electron chi connectivity index (χ3n) is 2.36. The summed E-state index contributed by atoms with van der Waals surface area (Å²) in [6, 6.07) is 0. The van der Waals surface area contributed by atoms with E-state index < -0.39 is 18.6 Å². The molecule has 0 saturated heterocycles. The maximum absolute atomic E-state index is 11.9. The summed E-state index contributed by atoms with van der Waals surface area (Å²) in [5, 5.41) is 5.00. The van der Waals surface area contributed by atoms with Gasteiger partial charge in [-0.15, -0.1) is 0 Å². The summed E-state index contributed by atoms with van der Waals surface area (Å²) in [6.45, 7) is 4.08. The summed E-state index contributed by atoms with van der Waals surface area (Å²) < 4.78 is 37.2. The number of carbonyl (C=O) groups is 1. The molecule has 0 radical (unpaired) electrons. The zero-order valence-electron chi connectivity index (χ0n) is 11.5. The first-order valence-electron chi connectivity index (χ1n) is 6.31. The molecule has 0 aliphatic heterocycles. The van der Waals surface area contributed by atoms with E-state index in [1.807, 2.05) is 5.32 Å². The number of nitrogens with zero attached hydrogens (tertiary/aromatic N) is 2. The Morgan fingerprint density at radius 3 is 2.75 bits per heavy atom. The lowest BCUT2D eigenvalue weighted by atomic mass is 10.2. The number of halogens is 3. The van der Waals surface area contributed by atoms with E-state index in [2.05, 4.69) is 24.1 Å². The highest BCUT2D eigenvalue weighted by Crippen LogP contribution is 2.12. The van der Waals surface area contributed by atoms with E-state index in [9.17, 15) is 18.0 Å². The molecule has 1 aromatic rings. The van der Waals surface area contributed by atoms with Crippen LogP contribution in [0.15, 0.2) is 12.5 Å². The molecule has 5 nitrogen and oxygen atoms in total. The molecule has 2 N–H and O–H groups in total. The monoisotopic (exact) mass is 292 g/mol. The minimum atomic E-state index is -4.39. The average Bonchev–Trinajstić information content (AvgIpc) is 2.73. The molecule has 8 heteroatoms. The number of imidazole rings is 1. The summed E-state index contributed by atoms with van der Waals surface area (Å²) >= 11 is 0. The number of hydrogen-bond donors (Lipinski definition) is 2. The second kappa shape index (κ2) is 7.28. The molecule has 1 rings (SSSR count). The van der Waals surface area contributed by atoms with Gasteiger partial charge in [-0.2, -0.15) is 13.2 Å². The first kappa shape index (κ1) is 16.5. The molecule has 114 valence electrons. The Kier molecular flexibility index (Phi) is 6.00. The summed E-state index contributed by atoms with van der Waals surface area (Å²) in [4.78, 5) is 15.4. The average molecular weight is 292 g/mol. The van der Waals surface area contributed by atoms with Crippen LogP contribution >= 0.6 is 0 Å². The van der Waals surface area contributed by atoms with Gasteiger partial charge in [0.25, 0.3) is 0 Å². The first-order chi connectivity index (χ1) is 9.26. The van der Waals surface area contributed by atoms with Gasteiger partial charge in [0, 0.05) is 12.7 Å². The van der Waals surface area contributed by atoms with Crippen LogP contribution in [0.1, 0.15) is 19.5 Å². The van der Waals surface area contributed by atoms with Crippen molar-refractivity contribution < 1.29 is 18.0 Å². The largest absolute Gasteiger partial charge is 0.405 e. The molecule has 0 aliphatic carbocycles. The van der Waals surface area contributed by atoms with Crippen LogP contribution in [0.4, 0.5) is 13.2 Å². The van der Waals surface area contributed by atoms with E-state index in [0.29, 0.717) is 12.5 Å². The number of hydrogen-bond acceptors (Lipinski definition) is 3. The Labute approximate surface area is 115 Å². The van der Waals surface area contributed by atoms with Gasteiger partial charge in [-0.25, -0.2) is 4.98 Å². The van der Waals surface area contributed by atoms with E-state index >= 15 is 0 Å². The van der Waals surface area contributed by atoms with Gasteiger partial charge in [0.15, 0.2) is 0 Å². The number of nitrogens with one attached hydrogen (secondary N) is 2. The fourth-order valence-electron chi connectivity index (χ4n) is 1.49. The van der Waals surface area contributed by atoms with Crippen LogP contribution in [0, 0.1) is 5.92 Å². The predicted octanol–water partition coefficient (Wildman–Crippen LogP) is 1.31. The molecular formula is C12H19F3N4O. The lowest BCUT2D eigenvalue weighted by molar-refractivity contribution is -0.138. The highest BCUT2D eigenvalue weighted by molar-refractivity contribution is 5.75. The van der Waals surface area contributed by atoms with Crippen molar-refractivity contribution in [2.45, 2.75) is 33.1 Å². The molecule has 0 aromatic carbocycles. The maximum Gasteiger partial charge on any atom is 0.405 e. The molecular weight excluding hydrogens is 273 g/mol. The van der Waals surface area contributed by atoms with Crippen LogP contribution in [0.3, 0.4) is 0 Å². The quantitative estimate of drug-likeness (QED) is 0.796. The Balaban J connectivity index is 2.34. The summed E-state index contributed by atoms with van der Waals surface area (Å²) in [5.41, 5.74) is 0.745. The van der Waals surface area contributed by atoms with E-state index in [4.69, 9.17) is 0 Å². The van der Waals surface area contributed by atoms with Gasteiger partial charge in [0.05, 0.1) is 12.0 Å². The lowest BCUT2D eigenvalue weighted by Gasteiger charge is -2.08. The van der Waals surface area contributed by atoms with Crippen molar-refractivity contribution in [3.8, 4) is 0 Å². The number of rotatable bonds is 7. The van der Waals surface area contributed by atoms with Crippen LogP contribution in [-0.4, -0.2) is 34.7 Å². The van der Waals surface area contributed by atoms with Crippen LogP contribution in [0.2, 0.25) is 0 Å². The summed E-state index contributed by atoms with van der Waals surface area (Å²) in [6.07, 6.45) is -1.32. The van der Waals surface area contributed by atoms with Crippen LogP contribution < -0.4 is 10.6 Å². The molecule has 20 heavy (non-hydrogen) atoms. The summed E-state index contributed by atoms with van der Waals surface area (Å²) in [5.74, 6) is -0.174. The van der Waals surface area contributed by atoms with Crippen molar-refractivity contribution in [1.29, 1.82) is 0 Å². The molecule has 0 bridgehead atoms. The molecule has 0 fully saturated rings. The van der Waals surface area contributed by atoms with Gasteiger partial charge in [0.1, 0.15) is 13.1 Å². The third kappa shape index (κ3) is 7.13. The SMILES string of the molecule is CC(C)CNCc1cn(CC(=O)NCC(F)(F)F)cn1. The van der Waals surface area contributed by atoms with Gasteiger partial charge in [-0.3, -0.25) is 4.79 Å². The van der Waals surface area contributed by atoms with Crippen molar-refractivity contribution in [1.82, 2.24) is 20.2 Å². The Hall–Kier alpha value is -1.57.